The number of benzene rings is 1. The molecule has 1 N–H and O–H groups in total. The molecule has 1 amide bonds. The summed E-state index contributed by atoms with van der Waals surface area (Å²) in [5.74, 6) is -4.09. The number of hydrogen-bond acceptors (Lipinski definition) is 6. The molecular formula is C20H24F3N3O4. The molecule has 4 rings (SSSR count). The second kappa shape index (κ2) is 7.73. The Morgan fingerprint density at radius 3 is 2.50 bits per heavy atom. The molecule has 2 atom stereocenters. The molecule has 7 nitrogen and oxygen atoms in total. The van der Waals surface area contributed by atoms with Crippen LogP contribution in [0.3, 0.4) is 0 Å². The molecule has 2 aromatic rings. The molecule has 0 aliphatic carbocycles. The average molecular weight is 427 g/mol. The third-order valence-electron chi connectivity index (χ3n) is 5.65. The van der Waals surface area contributed by atoms with Crippen LogP contribution in [0.4, 0.5) is 18.9 Å². The monoisotopic (exact) mass is 427 g/mol. The van der Waals surface area contributed by atoms with E-state index in [0.717, 1.165) is 0 Å². The molecule has 10 heteroatoms. The number of morpholine rings is 1. The molecule has 30 heavy (non-hydrogen) atoms. The van der Waals surface area contributed by atoms with Crippen molar-refractivity contribution >= 4 is 22.6 Å². The van der Waals surface area contributed by atoms with Crippen molar-refractivity contribution in [1.29, 1.82) is 0 Å². The minimum absolute atomic E-state index is 0.114. The van der Waals surface area contributed by atoms with Crippen LogP contribution >= 0.6 is 0 Å². The van der Waals surface area contributed by atoms with Crippen molar-refractivity contribution in [3.05, 3.63) is 23.1 Å². The molecule has 0 radical (unpaired) electrons. The molecule has 2 unspecified atom stereocenters. The van der Waals surface area contributed by atoms with Gasteiger partial charge < -0.3 is 24.2 Å². The molecule has 164 valence electrons. The summed E-state index contributed by atoms with van der Waals surface area (Å²) in [4.78, 5) is 15.9. The zero-order valence-corrected chi connectivity index (χ0v) is 16.8. The first-order chi connectivity index (χ1) is 14.2. The van der Waals surface area contributed by atoms with E-state index >= 15 is 4.39 Å². The number of piperidine rings is 1. The van der Waals surface area contributed by atoms with Crippen LogP contribution in [0.5, 0.6) is 0 Å². The van der Waals surface area contributed by atoms with Crippen molar-refractivity contribution in [3.63, 3.8) is 0 Å². The number of rotatable bonds is 3. The third kappa shape index (κ3) is 3.74. The maximum atomic E-state index is 15.4. The zero-order valence-electron chi connectivity index (χ0n) is 16.8. The van der Waals surface area contributed by atoms with Gasteiger partial charge in [0.05, 0.1) is 29.9 Å². The van der Waals surface area contributed by atoms with Gasteiger partial charge >= 0.3 is 0 Å². The Kier molecular flexibility index (Phi) is 5.39. The van der Waals surface area contributed by atoms with Crippen molar-refractivity contribution < 1.29 is 32.3 Å². The van der Waals surface area contributed by atoms with E-state index < -0.39 is 37.1 Å². The number of carbonyl (C=O) groups is 1. The number of aromatic nitrogens is 1. The fourth-order valence-electron chi connectivity index (χ4n) is 4.24. The Morgan fingerprint density at radius 2 is 1.90 bits per heavy atom. The van der Waals surface area contributed by atoms with E-state index in [1.807, 2.05) is 13.8 Å². The number of anilines is 1. The van der Waals surface area contributed by atoms with Crippen LogP contribution in [0, 0.1) is 5.82 Å². The molecule has 1 aromatic heterocycles. The Labute approximate surface area is 171 Å². The van der Waals surface area contributed by atoms with Gasteiger partial charge in [-0.1, -0.05) is 5.16 Å². The van der Waals surface area contributed by atoms with Crippen LogP contribution in [0.15, 0.2) is 10.6 Å². The average Bonchev–Trinajstić information content (AvgIpc) is 3.10. The van der Waals surface area contributed by atoms with Gasteiger partial charge in [0, 0.05) is 44.6 Å². The van der Waals surface area contributed by atoms with E-state index in [4.69, 9.17) is 9.26 Å². The Balaban J connectivity index is 1.70. The van der Waals surface area contributed by atoms with Crippen LogP contribution in [0.1, 0.15) is 42.7 Å². The van der Waals surface area contributed by atoms with Gasteiger partial charge in [0.2, 0.25) is 5.58 Å². The number of likely N-dealkylation sites (tertiary alicyclic amines) is 1. The molecule has 1 aromatic carbocycles. The van der Waals surface area contributed by atoms with Gasteiger partial charge in [-0.25, -0.2) is 13.2 Å². The molecule has 0 bridgehead atoms. The predicted molar refractivity (Wildman–Crippen MR) is 102 cm³/mol. The highest BCUT2D eigenvalue weighted by Gasteiger charge is 2.37. The number of ether oxygens (including phenoxy) is 1. The quantitative estimate of drug-likeness (QED) is 0.812. The zero-order chi connectivity index (χ0) is 21.6. The number of aliphatic hydroxyl groups is 1. The normalized spacial score (nSPS) is 24.5. The first-order valence-corrected chi connectivity index (χ1v) is 9.99. The Hall–Kier alpha value is -2.33. The Morgan fingerprint density at radius 1 is 1.27 bits per heavy atom. The van der Waals surface area contributed by atoms with Crippen LogP contribution in [-0.4, -0.2) is 65.4 Å². The molecule has 0 spiro atoms. The van der Waals surface area contributed by atoms with Gasteiger partial charge in [-0.2, -0.15) is 0 Å². The maximum Gasteiger partial charge on any atom is 0.276 e. The summed E-state index contributed by atoms with van der Waals surface area (Å²) in [6.07, 6.45) is -1.11. The smallest absolute Gasteiger partial charge is 0.276 e. The van der Waals surface area contributed by atoms with Crippen molar-refractivity contribution in [2.45, 2.75) is 51.4 Å². The van der Waals surface area contributed by atoms with E-state index in [1.165, 1.54) is 11.0 Å². The van der Waals surface area contributed by atoms with Crippen LogP contribution in [-0.2, 0) is 11.3 Å². The first-order valence-electron chi connectivity index (χ1n) is 9.99. The third-order valence-corrected chi connectivity index (χ3v) is 5.65. The number of halogens is 3. The second-order valence-corrected chi connectivity index (χ2v) is 8.07. The summed E-state index contributed by atoms with van der Waals surface area (Å²) in [6, 6.07) is 1.49. The molecule has 2 fully saturated rings. The lowest BCUT2D eigenvalue weighted by molar-refractivity contribution is -0.0495. The van der Waals surface area contributed by atoms with Crippen LogP contribution in [0.25, 0.3) is 11.0 Å². The van der Waals surface area contributed by atoms with Crippen LogP contribution in [0.2, 0.25) is 0 Å². The lowest BCUT2D eigenvalue weighted by atomic mass is 10.0. The van der Waals surface area contributed by atoms with Crippen molar-refractivity contribution in [2.24, 2.45) is 0 Å². The number of carbonyl (C=O) groups excluding carboxylic acids is 1. The van der Waals surface area contributed by atoms with E-state index in [1.54, 1.807) is 4.90 Å². The number of aliphatic hydroxyl groups excluding tert-OH is 1. The summed E-state index contributed by atoms with van der Waals surface area (Å²) in [5, 5.41) is 13.7. The molecule has 2 saturated heterocycles. The topological polar surface area (TPSA) is 79.0 Å². The summed E-state index contributed by atoms with van der Waals surface area (Å²) >= 11 is 0. The van der Waals surface area contributed by atoms with Gasteiger partial charge in [-0.05, 0) is 19.9 Å². The van der Waals surface area contributed by atoms with Crippen LogP contribution < -0.4 is 4.90 Å². The van der Waals surface area contributed by atoms with Gasteiger partial charge in [0.1, 0.15) is 0 Å². The van der Waals surface area contributed by atoms with Gasteiger partial charge in [0.15, 0.2) is 11.5 Å². The number of amides is 1. The standard InChI is InChI=1S/C20H24F3N3O4/c1-11-8-26(9-12(2)29-11)17-13(10-27)7-14-16(24-30-18(14)15(17)21)19(28)25-5-3-20(22,23)4-6-25/h7,11-12,27H,3-6,8-10H2,1-2H3. The second-order valence-electron chi connectivity index (χ2n) is 8.07. The molecule has 3 heterocycles. The summed E-state index contributed by atoms with van der Waals surface area (Å²) in [7, 11) is 0. The Bertz CT molecular complexity index is 944. The van der Waals surface area contributed by atoms with Crippen molar-refractivity contribution in [2.75, 3.05) is 31.1 Å². The number of hydrogen-bond donors (Lipinski definition) is 1. The minimum Gasteiger partial charge on any atom is -0.392 e. The highest BCUT2D eigenvalue weighted by molar-refractivity contribution is 6.05. The predicted octanol–water partition coefficient (Wildman–Crippen LogP) is 2.94. The van der Waals surface area contributed by atoms with Crippen molar-refractivity contribution in [1.82, 2.24) is 10.1 Å². The van der Waals surface area contributed by atoms with E-state index in [9.17, 15) is 18.7 Å². The highest BCUT2D eigenvalue weighted by atomic mass is 19.3. The number of alkyl halides is 2. The van der Waals surface area contributed by atoms with Gasteiger partial charge in [-0.3, -0.25) is 4.79 Å². The number of fused-ring (bicyclic) bond motifs is 1. The fourth-order valence-corrected chi connectivity index (χ4v) is 4.24. The molecular weight excluding hydrogens is 403 g/mol. The van der Waals surface area contributed by atoms with Gasteiger partial charge in [0.25, 0.3) is 11.8 Å². The highest BCUT2D eigenvalue weighted by Crippen LogP contribution is 2.36. The minimum atomic E-state index is -2.79. The van der Waals surface area contributed by atoms with Crippen molar-refractivity contribution in [3.8, 4) is 0 Å². The lowest BCUT2D eigenvalue weighted by Crippen LogP contribution is -2.46. The first kappa shape index (κ1) is 20.9. The van der Waals surface area contributed by atoms with Gasteiger partial charge in [-0.15, -0.1) is 0 Å². The summed E-state index contributed by atoms with van der Waals surface area (Å²) in [6.45, 7) is 3.95. The largest absolute Gasteiger partial charge is 0.392 e. The molecule has 2 aliphatic heterocycles. The molecule has 2 aliphatic rings. The van der Waals surface area contributed by atoms with E-state index in [2.05, 4.69) is 5.16 Å². The fraction of sp³-hybridized carbons (Fsp3) is 0.600. The summed E-state index contributed by atoms with van der Waals surface area (Å²) < 4.78 is 53.1. The van der Waals surface area contributed by atoms with E-state index in [-0.39, 0.29) is 47.6 Å². The maximum absolute atomic E-state index is 15.4. The van der Waals surface area contributed by atoms with E-state index in [0.29, 0.717) is 18.7 Å². The SMILES string of the molecule is CC1CN(c2c(CO)cc3c(C(=O)N4CCC(F)(F)CC4)noc3c2F)CC(C)O1. The lowest BCUT2D eigenvalue weighted by Gasteiger charge is -2.37. The number of nitrogens with zero attached hydrogens (tertiary/aromatic N) is 3. The summed E-state index contributed by atoms with van der Waals surface area (Å²) in [5.41, 5.74) is 0.155. The molecule has 0 saturated carbocycles.